The fraction of sp³-hybridized carbons (Fsp3) is 1.00. The van der Waals surface area contributed by atoms with Crippen LogP contribution in [0.2, 0.25) is 0 Å². The molecule has 1 saturated carbocycles. The topological polar surface area (TPSA) is 18.5 Å². The van der Waals surface area contributed by atoms with Crippen LogP contribution >= 0.6 is 0 Å². The Morgan fingerprint density at radius 3 is 2.61 bits per heavy atom. The van der Waals surface area contributed by atoms with Crippen molar-refractivity contribution in [2.75, 3.05) is 40.3 Å². The van der Waals surface area contributed by atoms with Crippen LogP contribution in [0.4, 0.5) is 0 Å². The predicted octanol–water partition coefficient (Wildman–Crippen LogP) is 1.79. The third-order valence-electron chi connectivity index (χ3n) is 4.83. The number of hydrogen-bond acceptors (Lipinski definition) is 3. The number of nitrogens with one attached hydrogen (secondary N) is 1. The fourth-order valence-corrected chi connectivity index (χ4v) is 3.27. The van der Waals surface area contributed by atoms with E-state index in [9.17, 15) is 0 Å². The van der Waals surface area contributed by atoms with Crippen molar-refractivity contribution in [2.45, 2.75) is 51.1 Å². The Labute approximate surface area is 113 Å². The van der Waals surface area contributed by atoms with Crippen LogP contribution in [0.15, 0.2) is 0 Å². The zero-order chi connectivity index (χ0) is 13.0. The van der Waals surface area contributed by atoms with E-state index in [1.54, 1.807) is 0 Å². The summed E-state index contributed by atoms with van der Waals surface area (Å²) in [4.78, 5) is 5.07. The molecule has 2 rings (SSSR count). The minimum absolute atomic E-state index is 0.697. The molecule has 2 unspecified atom stereocenters. The third-order valence-corrected chi connectivity index (χ3v) is 4.83. The fourth-order valence-electron chi connectivity index (χ4n) is 3.27. The first kappa shape index (κ1) is 14.3. The highest BCUT2D eigenvalue weighted by molar-refractivity contribution is 4.91. The van der Waals surface area contributed by atoms with Crippen molar-refractivity contribution in [3.63, 3.8) is 0 Å². The van der Waals surface area contributed by atoms with E-state index in [1.807, 2.05) is 0 Å². The number of likely N-dealkylation sites (N-methyl/N-ethyl adjacent to an activating group) is 2. The Morgan fingerprint density at radius 1 is 1.22 bits per heavy atom. The minimum Gasteiger partial charge on any atom is -0.312 e. The van der Waals surface area contributed by atoms with Crippen molar-refractivity contribution in [1.29, 1.82) is 0 Å². The second kappa shape index (κ2) is 6.88. The summed E-state index contributed by atoms with van der Waals surface area (Å²) in [6.07, 6.45) is 7.04. The first-order valence-electron chi connectivity index (χ1n) is 7.83. The average Bonchev–Trinajstić information content (AvgIpc) is 2.31. The summed E-state index contributed by atoms with van der Waals surface area (Å²) in [6, 6.07) is 1.40. The summed E-state index contributed by atoms with van der Waals surface area (Å²) in [6.45, 7) is 7.10. The number of rotatable bonds is 6. The molecule has 1 heterocycles. The first-order chi connectivity index (χ1) is 8.70. The molecule has 0 radical (unpaired) electrons. The summed E-state index contributed by atoms with van der Waals surface area (Å²) in [5, 5.41) is 3.82. The van der Waals surface area contributed by atoms with Crippen LogP contribution in [0.25, 0.3) is 0 Å². The molecule has 1 N–H and O–H groups in total. The third kappa shape index (κ3) is 3.69. The van der Waals surface area contributed by atoms with Crippen LogP contribution in [-0.2, 0) is 0 Å². The van der Waals surface area contributed by atoms with Crippen molar-refractivity contribution in [1.82, 2.24) is 15.1 Å². The smallest absolute Gasteiger partial charge is 0.0374 e. The monoisotopic (exact) mass is 253 g/mol. The van der Waals surface area contributed by atoms with E-state index in [1.165, 1.54) is 58.3 Å². The molecule has 1 saturated heterocycles. The lowest BCUT2D eigenvalue weighted by Crippen LogP contribution is -2.59. The molecule has 2 fully saturated rings. The van der Waals surface area contributed by atoms with Gasteiger partial charge in [-0.25, -0.2) is 0 Å². The van der Waals surface area contributed by atoms with Gasteiger partial charge >= 0.3 is 0 Å². The molecule has 0 spiro atoms. The quantitative estimate of drug-likeness (QED) is 0.778. The molecule has 18 heavy (non-hydrogen) atoms. The highest BCUT2D eigenvalue weighted by Gasteiger charge is 2.32. The molecule has 0 amide bonds. The Bertz CT molecular complexity index is 240. The number of hydrogen-bond donors (Lipinski definition) is 1. The SMILES string of the molecule is CCCNC(CC1CCC1)C1CN(C)CCN1C. The van der Waals surface area contributed by atoms with Gasteiger partial charge < -0.3 is 10.2 Å². The van der Waals surface area contributed by atoms with Gasteiger partial charge in [0.1, 0.15) is 0 Å². The molecule has 1 aliphatic carbocycles. The summed E-state index contributed by atoms with van der Waals surface area (Å²) in [5.74, 6) is 1.000. The molecule has 2 atom stereocenters. The van der Waals surface area contributed by atoms with E-state index in [0.717, 1.165) is 5.92 Å². The Balaban J connectivity index is 1.91. The van der Waals surface area contributed by atoms with Crippen molar-refractivity contribution >= 4 is 0 Å². The van der Waals surface area contributed by atoms with Crippen LogP contribution < -0.4 is 5.32 Å². The summed E-state index contributed by atoms with van der Waals surface area (Å²) < 4.78 is 0. The lowest BCUT2D eigenvalue weighted by molar-refractivity contribution is 0.0746. The van der Waals surface area contributed by atoms with Crippen LogP contribution in [0.5, 0.6) is 0 Å². The number of nitrogens with zero attached hydrogens (tertiary/aromatic N) is 2. The van der Waals surface area contributed by atoms with E-state index < -0.39 is 0 Å². The molecule has 3 nitrogen and oxygen atoms in total. The highest BCUT2D eigenvalue weighted by Crippen LogP contribution is 2.32. The standard InChI is InChI=1S/C15H31N3/c1-4-8-16-14(11-13-6-5-7-13)15-12-17(2)9-10-18(15)3/h13-16H,4-12H2,1-3H3. The van der Waals surface area contributed by atoms with Gasteiger partial charge in [-0.1, -0.05) is 26.2 Å². The normalized spacial score (nSPS) is 29.2. The molecular weight excluding hydrogens is 222 g/mol. The van der Waals surface area contributed by atoms with Crippen molar-refractivity contribution in [2.24, 2.45) is 5.92 Å². The Morgan fingerprint density at radius 2 is 2.00 bits per heavy atom. The average molecular weight is 253 g/mol. The molecule has 0 aromatic carbocycles. The van der Waals surface area contributed by atoms with Gasteiger partial charge in [-0.2, -0.15) is 0 Å². The molecule has 0 aromatic rings. The van der Waals surface area contributed by atoms with Crippen LogP contribution in [0.3, 0.4) is 0 Å². The van der Waals surface area contributed by atoms with E-state index in [-0.39, 0.29) is 0 Å². The second-order valence-corrected chi connectivity index (χ2v) is 6.40. The zero-order valence-electron chi connectivity index (χ0n) is 12.5. The first-order valence-corrected chi connectivity index (χ1v) is 7.83. The molecule has 0 bridgehead atoms. The van der Waals surface area contributed by atoms with Crippen molar-refractivity contribution in [3.8, 4) is 0 Å². The number of piperazine rings is 1. The lowest BCUT2D eigenvalue weighted by Gasteiger charge is -2.44. The van der Waals surface area contributed by atoms with E-state index in [2.05, 4.69) is 36.1 Å². The molecule has 106 valence electrons. The maximum Gasteiger partial charge on any atom is 0.0374 e. The van der Waals surface area contributed by atoms with Gasteiger partial charge in [0, 0.05) is 31.7 Å². The van der Waals surface area contributed by atoms with E-state index in [4.69, 9.17) is 0 Å². The maximum absolute atomic E-state index is 3.82. The summed E-state index contributed by atoms with van der Waals surface area (Å²) in [5.41, 5.74) is 0. The summed E-state index contributed by atoms with van der Waals surface area (Å²) in [7, 11) is 4.57. The minimum atomic E-state index is 0.697. The van der Waals surface area contributed by atoms with Gasteiger partial charge in [-0.05, 0) is 39.4 Å². The summed E-state index contributed by atoms with van der Waals surface area (Å²) >= 11 is 0. The highest BCUT2D eigenvalue weighted by atomic mass is 15.3. The van der Waals surface area contributed by atoms with Gasteiger partial charge in [-0.15, -0.1) is 0 Å². The zero-order valence-corrected chi connectivity index (χ0v) is 12.5. The predicted molar refractivity (Wildman–Crippen MR) is 78.0 cm³/mol. The Hall–Kier alpha value is -0.120. The van der Waals surface area contributed by atoms with Gasteiger partial charge in [0.2, 0.25) is 0 Å². The largest absolute Gasteiger partial charge is 0.312 e. The second-order valence-electron chi connectivity index (χ2n) is 6.40. The van der Waals surface area contributed by atoms with E-state index >= 15 is 0 Å². The molecular formula is C15H31N3. The molecule has 2 aliphatic rings. The van der Waals surface area contributed by atoms with E-state index in [0.29, 0.717) is 12.1 Å². The van der Waals surface area contributed by atoms with Crippen LogP contribution in [0, 0.1) is 5.92 Å². The van der Waals surface area contributed by atoms with Gasteiger partial charge in [0.25, 0.3) is 0 Å². The van der Waals surface area contributed by atoms with Gasteiger partial charge in [0.05, 0.1) is 0 Å². The van der Waals surface area contributed by atoms with Crippen molar-refractivity contribution < 1.29 is 0 Å². The van der Waals surface area contributed by atoms with Crippen LogP contribution in [0.1, 0.15) is 39.0 Å². The van der Waals surface area contributed by atoms with Crippen LogP contribution in [-0.4, -0.2) is 62.2 Å². The molecule has 0 aromatic heterocycles. The lowest BCUT2D eigenvalue weighted by atomic mass is 9.79. The molecule has 1 aliphatic heterocycles. The molecule has 3 heteroatoms. The maximum atomic E-state index is 3.82. The van der Waals surface area contributed by atoms with Gasteiger partial charge in [0.15, 0.2) is 0 Å². The van der Waals surface area contributed by atoms with Crippen molar-refractivity contribution in [3.05, 3.63) is 0 Å². The van der Waals surface area contributed by atoms with Gasteiger partial charge in [-0.3, -0.25) is 4.90 Å². The Kier molecular flexibility index (Phi) is 5.46.